The number of guanidine groups is 1. The van der Waals surface area contributed by atoms with Crippen molar-refractivity contribution in [2.45, 2.75) is 26.0 Å². The molecule has 0 saturated heterocycles. The van der Waals surface area contributed by atoms with Crippen LogP contribution in [0.15, 0.2) is 23.2 Å². The van der Waals surface area contributed by atoms with Crippen molar-refractivity contribution in [1.29, 1.82) is 5.26 Å². The van der Waals surface area contributed by atoms with Crippen LogP contribution in [0, 0.1) is 17.1 Å². The van der Waals surface area contributed by atoms with Gasteiger partial charge in [-0.25, -0.2) is 4.39 Å². The van der Waals surface area contributed by atoms with E-state index in [1.807, 2.05) is 19.9 Å². The van der Waals surface area contributed by atoms with Crippen molar-refractivity contribution < 1.29 is 9.13 Å². The SMILES string of the molecule is CN=C(NCc1ccc(C#N)cc1F)NCC(C)(C)OC. The summed E-state index contributed by atoms with van der Waals surface area (Å²) < 4.78 is 19.1. The predicted octanol–water partition coefficient (Wildman–Crippen LogP) is 1.79. The van der Waals surface area contributed by atoms with Crippen LogP contribution >= 0.6 is 0 Å². The highest BCUT2D eigenvalue weighted by Gasteiger charge is 2.16. The molecule has 0 unspecified atom stereocenters. The zero-order valence-corrected chi connectivity index (χ0v) is 12.8. The van der Waals surface area contributed by atoms with Crippen molar-refractivity contribution >= 4 is 5.96 Å². The van der Waals surface area contributed by atoms with Crippen LogP contribution in [0.5, 0.6) is 0 Å². The van der Waals surface area contributed by atoms with E-state index in [1.54, 1.807) is 26.3 Å². The van der Waals surface area contributed by atoms with Crippen molar-refractivity contribution in [3.8, 4) is 6.07 Å². The fourth-order valence-electron chi connectivity index (χ4n) is 1.53. The van der Waals surface area contributed by atoms with E-state index in [9.17, 15) is 4.39 Å². The van der Waals surface area contributed by atoms with Crippen LogP contribution in [-0.4, -0.2) is 32.3 Å². The summed E-state index contributed by atoms with van der Waals surface area (Å²) >= 11 is 0. The number of rotatable bonds is 5. The largest absolute Gasteiger partial charge is 0.377 e. The molecule has 0 aliphatic carbocycles. The summed E-state index contributed by atoms with van der Waals surface area (Å²) in [5.74, 6) is 0.151. The number of benzene rings is 1. The molecular weight excluding hydrogens is 271 g/mol. The summed E-state index contributed by atoms with van der Waals surface area (Å²) in [6, 6.07) is 6.31. The topological polar surface area (TPSA) is 69.4 Å². The normalized spacial score (nSPS) is 11.9. The van der Waals surface area contributed by atoms with Gasteiger partial charge in [-0.1, -0.05) is 6.07 Å². The molecule has 0 bridgehead atoms. The van der Waals surface area contributed by atoms with Gasteiger partial charge in [-0.05, 0) is 26.0 Å². The molecule has 114 valence electrons. The lowest BCUT2D eigenvalue weighted by Gasteiger charge is -2.24. The average Bonchev–Trinajstić information content (AvgIpc) is 2.48. The maximum Gasteiger partial charge on any atom is 0.191 e. The molecule has 1 rings (SSSR count). The maximum absolute atomic E-state index is 13.7. The zero-order valence-electron chi connectivity index (χ0n) is 12.8. The van der Waals surface area contributed by atoms with E-state index in [-0.39, 0.29) is 12.1 Å². The number of ether oxygens (including phenoxy) is 1. The molecule has 2 N–H and O–H groups in total. The molecule has 0 saturated carbocycles. The van der Waals surface area contributed by atoms with Gasteiger partial charge in [0.2, 0.25) is 0 Å². The van der Waals surface area contributed by atoms with Crippen LogP contribution in [0.4, 0.5) is 4.39 Å². The second-order valence-electron chi connectivity index (χ2n) is 5.16. The Bertz CT molecular complexity index is 549. The minimum atomic E-state index is -0.408. The van der Waals surface area contributed by atoms with Crippen molar-refractivity contribution in [2.24, 2.45) is 4.99 Å². The van der Waals surface area contributed by atoms with Gasteiger partial charge in [0, 0.05) is 32.8 Å². The number of hydrogen-bond acceptors (Lipinski definition) is 3. The number of nitrogens with zero attached hydrogens (tertiary/aromatic N) is 2. The number of hydrogen-bond donors (Lipinski definition) is 2. The van der Waals surface area contributed by atoms with Crippen LogP contribution in [0.3, 0.4) is 0 Å². The molecule has 0 aromatic heterocycles. The summed E-state index contributed by atoms with van der Waals surface area (Å²) in [5.41, 5.74) is 0.459. The molecule has 0 radical (unpaired) electrons. The fourth-order valence-corrected chi connectivity index (χ4v) is 1.53. The number of halogens is 1. The summed E-state index contributed by atoms with van der Waals surface area (Å²) in [5, 5.41) is 14.8. The molecule has 0 atom stereocenters. The van der Waals surface area contributed by atoms with Crippen LogP contribution in [0.1, 0.15) is 25.0 Å². The van der Waals surface area contributed by atoms with Gasteiger partial charge < -0.3 is 15.4 Å². The number of nitrogens with one attached hydrogen (secondary N) is 2. The zero-order chi connectivity index (χ0) is 15.9. The number of methoxy groups -OCH3 is 1. The maximum atomic E-state index is 13.7. The lowest BCUT2D eigenvalue weighted by atomic mass is 10.1. The number of aliphatic imine (C=N–C) groups is 1. The Hall–Kier alpha value is -2.13. The Morgan fingerprint density at radius 3 is 2.67 bits per heavy atom. The Labute approximate surface area is 124 Å². The summed E-state index contributed by atoms with van der Waals surface area (Å²) in [7, 11) is 3.29. The third-order valence-electron chi connectivity index (χ3n) is 3.09. The van der Waals surface area contributed by atoms with Crippen molar-refractivity contribution in [2.75, 3.05) is 20.7 Å². The van der Waals surface area contributed by atoms with Gasteiger partial charge in [0.25, 0.3) is 0 Å². The van der Waals surface area contributed by atoms with E-state index >= 15 is 0 Å². The first-order valence-corrected chi connectivity index (χ1v) is 6.60. The quantitative estimate of drug-likeness (QED) is 0.641. The van der Waals surface area contributed by atoms with Crippen LogP contribution in [0.2, 0.25) is 0 Å². The summed E-state index contributed by atoms with van der Waals surface area (Å²) in [6.45, 7) is 4.75. The fraction of sp³-hybridized carbons (Fsp3) is 0.467. The second kappa shape index (κ2) is 7.60. The van der Waals surface area contributed by atoms with E-state index in [2.05, 4.69) is 15.6 Å². The number of nitriles is 1. The standard InChI is InChI=1S/C15H21FN4O/c1-15(2,21-4)10-20-14(18-3)19-9-12-6-5-11(8-17)7-13(12)16/h5-7H,9-10H2,1-4H3,(H2,18,19,20). The van der Waals surface area contributed by atoms with Gasteiger partial charge in [-0.3, -0.25) is 4.99 Å². The van der Waals surface area contributed by atoms with E-state index in [4.69, 9.17) is 10.00 Å². The molecule has 6 heteroatoms. The van der Waals surface area contributed by atoms with Crippen molar-refractivity contribution in [1.82, 2.24) is 10.6 Å². The Balaban J connectivity index is 2.59. The molecular formula is C15H21FN4O. The molecule has 21 heavy (non-hydrogen) atoms. The van der Waals surface area contributed by atoms with Gasteiger partial charge in [-0.2, -0.15) is 5.26 Å². The first-order chi connectivity index (χ1) is 9.91. The van der Waals surface area contributed by atoms with E-state index in [0.29, 0.717) is 23.6 Å². The smallest absolute Gasteiger partial charge is 0.191 e. The first kappa shape index (κ1) is 16.9. The van der Waals surface area contributed by atoms with Gasteiger partial charge in [0.1, 0.15) is 5.82 Å². The Morgan fingerprint density at radius 2 is 2.14 bits per heavy atom. The average molecular weight is 292 g/mol. The molecule has 5 nitrogen and oxygen atoms in total. The highest BCUT2D eigenvalue weighted by Crippen LogP contribution is 2.09. The molecule has 0 amide bonds. The Morgan fingerprint density at radius 1 is 1.43 bits per heavy atom. The third-order valence-corrected chi connectivity index (χ3v) is 3.09. The third kappa shape index (κ3) is 5.40. The van der Waals surface area contributed by atoms with Gasteiger partial charge >= 0.3 is 0 Å². The van der Waals surface area contributed by atoms with Gasteiger partial charge in [0.15, 0.2) is 5.96 Å². The van der Waals surface area contributed by atoms with Crippen LogP contribution < -0.4 is 10.6 Å². The monoisotopic (exact) mass is 292 g/mol. The molecule has 0 heterocycles. The van der Waals surface area contributed by atoms with Crippen molar-refractivity contribution in [3.05, 3.63) is 35.1 Å². The first-order valence-electron chi connectivity index (χ1n) is 6.60. The lowest BCUT2D eigenvalue weighted by Crippen LogP contribution is -2.45. The summed E-state index contributed by atoms with van der Waals surface area (Å²) in [4.78, 5) is 4.07. The molecule has 0 fully saturated rings. The van der Waals surface area contributed by atoms with E-state index in [0.717, 1.165) is 0 Å². The second-order valence-corrected chi connectivity index (χ2v) is 5.16. The molecule has 0 aliphatic rings. The highest BCUT2D eigenvalue weighted by molar-refractivity contribution is 5.79. The molecule has 0 spiro atoms. The van der Waals surface area contributed by atoms with E-state index < -0.39 is 5.82 Å². The van der Waals surface area contributed by atoms with Crippen LogP contribution in [0.25, 0.3) is 0 Å². The minimum absolute atomic E-state index is 0.282. The highest BCUT2D eigenvalue weighted by atomic mass is 19.1. The van der Waals surface area contributed by atoms with Crippen LogP contribution in [-0.2, 0) is 11.3 Å². The van der Waals surface area contributed by atoms with E-state index in [1.165, 1.54) is 6.07 Å². The van der Waals surface area contributed by atoms with Gasteiger partial charge in [0.05, 0.1) is 17.2 Å². The van der Waals surface area contributed by atoms with Gasteiger partial charge in [-0.15, -0.1) is 0 Å². The predicted molar refractivity (Wildman–Crippen MR) is 80.4 cm³/mol. The van der Waals surface area contributed by atoms with Crippen molar-refractivity contribution in [3.63, 3.8) is 0 Å². The molecule has 1 aromatic carbocycles. The molecule has 1 aromatic rings. The minimum Gasteiger partial charge on any atom is -0.377 e. The summed E-state index contributed by atoms with van der Waals surface area (Å²) in [6.07, 6.45) is 0. The lowest BCUT2D eigenvalue weighted by molar-refractivity contribution is 0.0268. The molecule has 0 aliphatic heterocycles. The Kier molecular flexibility index (Phi) is 6.12.